The lowest BCUT2D eigenvalue weighted by atomic mass is 10.2. The third kappa shape index (κ3) is 3.56. The quantitative estimate of drug-likeness (QED) is 0.471. The summed E-state index contributed by atoms with van der Waals surface area (Å²) < 4.78 is 12.7. The van der Waals surface area contributed by atoms with Crippen molar-refractivity contribution >= 4 is 11.8 Å². The first-order chi connectivity index (χ1) is 13.3. The van der Waals surface area contributed by atoms with E-state index in [0.717, 1.165) is 27.9 Å². The number of rotatable bonds is 6. The number of nitrogens with zero attached hydrogens (tertiary/aromatic N) is 5. The number of benzene rings is 2. The Balaban J connectivity index is 1.50. The minimum atomic E-state index is 0.513. The third-order valence-corrected chi connectivity index (χ3v) is 5.02. The number of methoxy groups -OCH3 is 1. The third-order valence-electron chi connectivity index (χ3n) is 4.00. The van der Waals surface area contributed by atoms with Crippen molar-refractivity contribution in [1.29, 1.82) is 0 Å². The van der Waals surface area contributed by atoms with Crippen molar-refractivity contribution in [1.82, 2.24) is 24.9 Å². The Labute approximate surface area is 160 Å². The van der Waals surface area contributed by atoms with Crippen LogP contribution in [0.15, 0.2) is 64.3 Å². The van der Waals surface area contributed by atoms with Crippen LogP contribution in [0, 0.1) is 0 Å². The van der Waals surface area contributed by atoms with Crippen molar-refractivity contribution in [3.63, 3.8) is 0 Å². The average Bonchev–Trinajstić information content (AvgIpc) is 3.34. The van der Waals surface area contributed by atoms with Crippen LogP contribution in [0.5, 0.6) is 5.75 Å². The monoisotopic (exact) mass is 379 g/mol. The predicted octanol–water partition coefficient (Wildman–Crippen LogP) is 3.83. The molecule has 0 unspecified atom stereocenters. The molecule has 8 heteroatoms. The van der Waals surface area contributed by atoms with Crippen LogP contribution < -0.4 is 4.74 Å². The summed E-state index contributed by atoms with van der Waals surface area (Å²) in [7, 11) is 3.57. The SMILES string of the molecule is COc1ccccc1-c1nnc(SCc2noc(-c3ccccc3)n2)n1C. The summed E-state index contributed by atoms with van der Waals surface area (Å²) in [6.07, 6.45) is 0. The van der Waals surface area contributed by atoms with Gasteiger partial charge in [0.2, 0.25) is 0 Å². The number of thioether (sulfide) groups is 1. The van der Waals surface area contributed by atoms with Crippen molar-refractivity contribution < 1.29 is 9.26 Å². The second-order valence-electron chi connectivity index (χ2n) is 5.74. The van der Waals surface area contributed by atoms with Crippen LogP contribution in [-0.4, -0.2) is 32.0 Å². The van der Waals surface area contributed by atoms with E-state index in [1.807, 2.05) is 66.2 Å². The van der Waals surface area contributed by atoms with Crippen molar-refractivity contribution in [2.45, 2.75) is 10.9 Å². The molecule has 0 amide bonds. The first-order valence-electron chi connectivity index (χ1n) is 8.30. The average molecular weight is 379 g/mol. The molecule has 0 aliphatic heterocycles. The van der Waals surface area contributed by atoms with E-state index in [0.29, 0.717) is 17.5 Å². The molecule has 4 aromatic rings. The lowest BCUT2D eigenvalue weighted by molar-refractivity contribution is 0.416. The van der Waals surface area contributed by atoms with Crippen LogP contribution in [0.25, 0.3) is 22.8 Å². The zero-order valence-electron chi connectivity index (χ0n) is 14.9. The second kappa shape index (κ2) is 7.63. The van der Waals surface area contributed by atoms with E-state index in [9.17, 15) is 0 Å². The van der Waals surface area contributed by atoms with Crippen LogP contribution in [-0.2, 0) is 12.8 Å². The van der Waals surface area contributed by atoms with Gasteiger partial charge in [0.15, 0.2) is 16.8 Å². The van der Waals surface area contributed by atoms with Gasteiger partial charge >= 0.3 is 0 Å². The van der Waals surface area contributed by atoms with Gasteiger partial charge in [-0.25, -0.2) is 0 Å². The Morgan fingerprint density at radius 3 is 2.63 bits per heavy atom. The fourth-order valence-corrected chi connectivity index (χ4v) is 3.40. The Kier molecular flexibility index (Phi) is 4.88. The molecule has 0 saturated heterocycles. The zero-order chi connectivity index (χ0) is 18.6. The lowest BCUT2D eigenvalue weighted by Crippen LogP contribution is -1.97. The van der Waals surface area contributed by atoms with Crippen molar-refractivity contribution in [3.8, 4) is 28.6 Å². The molecule has 0 fully saturated rings. The fraction of sp³-hybridized carbons (Fsp3) is 0.158. The first-order valence-corrected chi connectivity index (χ1v) is 9.28. The highest BCUT2D eigenvalue weighted by Gasteiger charge is 2.16. The summed E-state index contributed by atoms with van der Waals surface area (Å²) in [5, 5.41) is 13.4. The predicted molar refractivity (Wildman–Crippen MR) is 102 cm³/mol. The van der Waals surface area contributed by atoms with Crippen LogP contribution in [0.2, 0.25) is 0 Å². The lowest BCUT2D eigenvalue weighted by Gasteiger charge is -2.07. The Morgan fingerprint density at radius 1 is 1.04 bits per heavy atom. The van der Waals surface area contributed by atoms with Crippen LogP contribution >= 0.6 is 11.8 Å². The maximum Gasteiger partial charge on any atom is 0.257 e. The van der Waals surface area contributed by atoms with Gasteiger partial charge < -0.3 is 13.8 Å². The minimum Gasteiger partial charge on any atom is -0.496 e. The van der Waals surface area contributed by atoms with Gasteiger partial charge in [0.1, 0.15) is 5.75 Å². The summed E-state index contributed by atoms with van der Waals surface area (Å²) in [6, 6.07) is 17.4. The molecule has 0 saturated carbocycles. The van der Waals surface area contributed by atoms with E-state index in [4.69, 9.17) is 9.26 Å². The van der Waals surface area contributed by atoms with Gasteiger partial charge in [0.05, 0.1) is 18.4 Å². The summed E-state index contributed by atoms with van der Waals surface area (Å²) in [5.74, 6) is 3.16. The van der Waals surface area contributed by atoms with Crippen LogP contribution in [0.4, 0.5) is 0 Å². The van der Waals surface area contributed by atoms with Gasteiger partial charge in [-0.05, 0) is 24.3 Å². The molecule has 0 spiro atoms. The molecule has 0 aliphatic rings. The van der Waals surface area contributed by atoms with Gasteiger partial charge in [-0.1, -0.05) is 47.3 Å². The minimum absolute atomic E-state index is 0.513. The molecule has 0 atom stereocenters. The molecule has 0 bridgehead atoms. The van der Waals surface area contributed by atoms with Gasteiger partial charge in [-0.3, -0.25) is 0 Å². The van der Waals surface area contributed by atoms with Gasteiger partial charge in [-0.2, -0.15) is 4.98 Å². The van der Waals surface area contributed by atoms with Gasteiger partial charge in [0, 0.05) is 12.6 Å². The van der Waals surface area contributed by atoms with E-state index in [1.165, 1.54) is 11.8 Å². The Hall–Kier alpha value is -3.13. The number of ether oxygens (including phenoxy) is 1. The standard InChI is InChI=1S/C19H17N5O2S/c1-24-17(14-10-6-7-11-15(14)25-2)21-22-19(24)27-12-16-20-18(26-23-16)13-8-4-3-5-9-13/h3-11H,12H2,1-2H3. The van der Waals surface area contributed by atoms with Gasteiger partial charge in [0.25, 0.3) is 5.89 Å². The summed E-state index contributed by atoms with van der Waals surface area (Å²) in [5.41, 5.74) is 1.80. The van der Waals surface area contributed by atoms with Crippen molar-refractivity contribution in [3.05, 3.63) is 60.4 Å². The Morgan fingerprint density at radius 2 is 1.81 bits per heavy atom. The highest BCUT2D eigenvalue weighted by Crippen LogP contribution is 2.30. The summed E-state index contributed by atoms with van der Waals surface area (Å²) in [6.45, 7) is 0. The van der Waals surface area contributed by atoms with E-state index in [2.05, 4.69) is 20.3 Å². The molecule has 0 radical (unpaired) electrons. The van der Waals surface area contributed by atoms with Crippen LogP contribution in [0.3, 0.4) is 0 Å². The Bertz CT molecular complexity index is 1050. The molecule has 0 N–H and O–H groups in total. The molecule has 27 heavy (non-hydrogen) atoms. The summed E-state index contributed by atoms with van der Waals surface area (Å²) >= 11 is 1.50. The topological polar surface area (TPSA) is 78.9 Å². The molecule has 4 rings (SSSR count). The van der Waals surface area contributed by atoms with E-state index < -0.39 is 0 Å². The molecule has 2 aromatic heterocycles. The molecular formula is C19H17N5O2S. The molecule has 2 heterocycles. The largest absolute Gasteiger partial charge is 0.496 e. The van der Waals surface area contributed by atoms with Crippen LogP contribution in [0.1, 0.15) is 5.82 Å². The molecule has 136 valence electrons. The molecule has 2 aromatic carbocycles. The first kappa shape index (κ1) is 17.3. The normalized spacial score (nSPS) is 10.9. The van der Waals surface area contributed by atoms with E-state index in [-0.39, 0.29) is 0 Å². The maximum absolute atomic E-state index is 5.42. The second-order valence-corrected chi connectivity index (χ2v) is 6.68. The molecular weight excluding hydrogens is 362 g/mol. The highest BCUT2D eigenvalue weighted by atomic mass is 32.2. The fourth-order valence-electron chi connectivity index (χ4n) is 2.64. The summed E-state index contributed by atoms with van der Waals surface area (Å²) in [4.78, 5) is 4.44. The zero-order valence-corrected chi connectivity index (χ0v) is 15.7. The number of para-hydroxylation sites is 1. The smallest absolute Gasteiger partial charge is 0.257 e. The van der Waals surface area contributed by atoms with E-state index >= 15 is 0 Å². The number of hydrogen-bond donors (Lipinski definition) is 0. The number of hydrogen-bond acceptors (Lipinski definition) is 7. The number of aromatic nitrogens is 5. The van der Waals surface area contributed by atoms with Crippen molar-refractivity contribution in [2.75, 3.05) is 7.11 Å². The maximum atomic E-state index is 5.42. The van der Waals surface area contributed by atoms with E-state index in [1.54, 1.807) is 7.11 Å². The van der Waals surface area contributed by atoms with Gasteiger partial charge in [-0.15, -0.1) is 10.2 Å². The molecule has 0 aliphatic carbocycles. The molecule has 7 nitrogen and oxygen atoms in total. The highest BCUT2D eigenvalue weighted by molar-refractivity contribution is 7.98. The van der Waals surface area contributed by atoms with Crippen molar-refractivity contribution in [2.24, 2.45) is 7.05 Å².